The van der Waals surface area contributed by atoms with Gasteiger partial charge in [0.15, 0.2) is 0 Å². The Labute approximate surface area is 154 Å². The molecule has 142 valence electrons. The quantitative estimate of drug-likeness (QED) is 0.759. The van der Waals surface area contributed by atoms with Gasteiger partial charge in [0, 0.05) is 31.6 Å². The standard InChI is InChI=1S/C20H28N2O4/c1-15-4-3-5-17(14-15)21-18(23)7-6-16-10-12-22(13-11-16)19(24)8-9-20(25)26-2/h3-5,14,16H,6-13H2,1-2H3,(H,21,23). The zero-order valence-corrected chi connectivity index (χ0v) is 15.6. The van der Waals surface area contributed by atoms with Crippen LogP contribution in [-0.4, -0.2) is 42.9 Å². The Morgan fingerprint density at radius 2 is 1.88 bits per heavy atom. The number of nitrogens with one attached hydrogen (secondary N) is 1. The molecule has 1 aliphatic heterocycles. The lowest BCUT2D eigenvalue weighted by molar-refractivity contribution is -0.144. The molecule has 0 spiro atoms. The molecular formula is C20H28N2O4. The summed E-state index contributed by atoms with van der Waals surface area (Å²) >= 11 is 0. The molecule has 2 rings (SSSR count). The van der Waals surface area contributed by atoms with Crippen LogP contribution in [0.4, 0.5) is 5.69 Å². The van der Waals surface area contributed by atoms with Gasteiger partial charge in [-0.25, -0.2) is 0 Å². The van der Waals surface area contributed by atoms with E-state index in [1.54, 1.807) is 0 Å². The van der Waals surface area contributed by atoms with Crippen molar-refractivity contribution in [2.45, 2.75) is 45.4 Å². The topological polar surface area (TPSA) is 75.7 Å². The Balaban J connectivity index is 1.66. The number of methoxy groups -OCH3 is 1. The largest absolute Gasteiger partial charge is 0.469 e. The number of esters is 1. The summed E-state index contributed by atoms with van der Waals surface area (Å²) in [6.07, 6.45) is 3.48. The average molecular weight is 360 g/mol. The molecule has 6 heteroatoms. The number of carbonyl (C=O) groups excluding carboxylic acids is 3. The fraction of sp³-hybridized carbons (Fsp3) is 0.550. The number of nitrogens with zero attached hydrogens (tertiary/aromatic N) is 1. The minimum Gasteiger partial charge on any atom is -0.469 e. The minimum atomic E-state index is -0.354. The summed E-state index contributed by atoms with van der Waals surface area (Å²) < 4.78 is 4.56. The van der Waals surface area contributed by atoms with Crippen molar-refractivity contribution in [3.8, 4) is 0 Å². The fourth-order valence-electron chi connectivity index (χ4n) is 3.22. The van der Waals surface area contributed by atoms with E-state index in [4.69, 9.17) is 0 Å². The Morgan fingerprint density at radius 1 is 1.15 bits per heavy atom. The molecule has 6 nitrogen and oxygen atoms in total. The molecule has 2 amide bonds. The van der Waals surface area contributed by atoms with Gasteiger partial charge in [-0.3, -0.25) is 14.4 Å². The smallest absolute Gasteiger partial charge is 0.306 e. The third-order valence-electron chi connectivity index (χ3n) is 4.82. The van der Waals surface area contributed by atoms with Gasteiger partial charge >= 0.3 is 5.97 Å². The van der Waals surface area contributed by atoms with Crippen LogP contribution >= 0.6 is 0 Å². The predicted octanol–water partition coefficient (Wildman–Crippen LogP) is 2.91. The number of rotatable bonds is 7. The first kappa shape index (κ1) is 19.9. The second-order valence-electron chi connectivity index (χ2n) is 6.86. The van der Waals surface area contributed by atoms with Crippen molar-refractivity contribution in [1.29, 1.82) is 0 Å². The van der Waals surface area contributed by atoms with Crippen molar-refractivity contribution in [2.75, 3.05) is 25.5 Å². The van der Waals surface area contributed by atoms with Crippen LogP contribution in [0, 0.1) is 12.8 Å². The van der Waals surface area contributed by atoms with Crippen LogP contribution in [0.2, 0.25) is 0 Å². The predicted molar refractivity (Wildman–Crippen MR) is 99.6 cm³/mol. The maximum atomic E-state index is 12.1. The highest BCUT2D eigenvalue weighted by Crippen LogP contribution is 2.23. The summed E-state index contributed by atoms with van der Waals surface area (Å²) in [5.41, 5.74) is 1.95. The Morgan fingerprint density at radius 3 is 2.54 bits per heavy atom. The number of hydrogen-bond donors (Lipinski definition) is 1. The normalized spacial score (nSPS) is 14.8. The molecule has 0 bridgehead atoms. The van der Waals surface area contributed by atoms with Gasteiger partial charge < -0.3 is 15.0 Å². The van der Waals surface area contributed by atoms with Crippen LogP contribution < -0.4 is 5.32 Å². The van der Waals surface area contributed by atoms with Gasteiger partial charge in [0.2, 0.25) is 11.8 Å². The van der Waals surface area contributed by atoms with Gasteiger partial charge in [0.05, 0.1) is 13.5 Å². The van der Waals surface area contributed by atoms with Gasteiger partial charge in [0.1, 0.15) is 0 Å². The third-order valence-corrected chi connectivity index (χ3v) is 4.82. The first-order valence-electron chi connectivity index (χ1n) is 9.19. The summed E-state index contributed by atoms with van der Waals surface area (Å²) in [5, 5.41) is 2.93. The van der Waals surface area contributed by atoms with E-state index in [0.717, 1.165) is 30.5 Å². The molecule has 0 unspecified atom stereocenters. The summed E-state index contributed by atoms with van der Waals surface area (Å²) in [4.78, 5) is 37.1. The van der Waals surface area contributed by atoms with Crippen molar-refractivity contribution in [1.82, 2.24) is 4.90 Å². The number of anilines is 1. The van der Waals surface area contributed by atoms with Crippen LogP contribution in [0.25, 0.3) is 0 Å². The molecule has 1 saturated heterocycles. The van der Waals surface area contributed by atoms with Crippen LogP contribution in [0.3, 0.4) is 0 Å². The molecule has 0 aromatic heterocycles. The van der Waals surface area contributed by atoms with E-state index >= 15 is 0 Å². The molecule has 1 heterocycles. The lowest BCUT2D eigenvalue weighted by Crippen LogP contribution is -2.38. The van der Waals surface area contributed by atoms with E-state index in [1.165, 1.54) is 7.11 Å². The van der Waals surface area contributed by atoms with E-state index in [-0.39, 0.29) is 30.6 Å². The zero-order valence-electron chi connectivity index (χ0n) is 15.6. The maximum absolute atomic E-state index is 12.1. The number of ether oxygens (including phenoxy) is 1. The number of likely N-dealkylation sites (tertiary alicyclic amines) is 1. The van der Waals surface area contributed by atoms with Gasteiger partial charge in [-0.2, -0.15) is 0 Å². The number of benzene rings is 1. The van der Waals surface area contributed by atoms with Gasteiger partial charge in [-0.1, -0.05) is 12.1 Å². The molecule has 1 aliphatic rings. The van der Waals surface area contributed by atoms with Crippen molar-refractivity contribution in [3.63, 3.8) is 0 Å². The van der Waals surface area contributed by atoms with E-state index in [0.29, 0.717) is 25.4 Å². The third kappa shape index (κ3) is 6.50. The Hall–Kier alpha value is -2.37. The van der Waals surface area contributed by atoms with Crippen molar-refractivity contribution >= 4 is 23.5 Å². The van der Waals surface area contributed by atoms with Crippen LogP contribution in [0.15, 0.2) is 24.3 Å². The molecule has 1 fully saturated rings. The van der Waals surface area contributed by atoms with Crippen LogP contribution in [0.1, 0.15) is 44.1 Å². The van der Waals surface area contributed by atoms with Crippen molar-refractivity contribution in [3.05, 3.63) is 29.8 Å². The zero-order chi connectivity index (χ0) is 18.9. The molecule has 1 N–H and O–H groups in total. The Bertz CT molecular complexity index is 636. The number of aryl methyl sites for hydroxylation is 1. The summed E-state index contributed by atoms with van der Waals surface area (Å²) in [6, 6.07) is 7.77. The molecule has 0 saturated carbocycles. The number of hydrogen-bond acceptors (Lipinski definition) is 4. The lowest BCUT2D eigenvalue weighted by atomic mass is 9.92. The van der Waals surface area contributed by atoms with Gasteiger partial charge in [0.25, 0.3) is 0 Å². The molecule has 0 atom stereocenters. The van der Waals surface area contributed by atoms with Crippen molar-refractivity contribution in [2.24, 2.45) is 5.92 Å². The maximum Gasteiger partial charge on any atom is 0.306 e. The second-order valence-corrected chi connectivity index (χ2v) is 6.86. The highest BCUT2D eigenvalue weighted by molar-refractivity contribution is 5.90. The van der Waals surface area contributed by atoms with E-state index in [9.17, 15) is 14.4 Å². The fourth-order valence-corrected chi connectivity index (χ4v) is 3.22. The molecule has 0 radical (unpaired) electrons. The minimum absolute atomic E-state index is 0.00559. The Kier molecular flexibility index (Phi) is 7.63. The average Bonchev–Trinajstić information content (AvgIpc) is 2.64. The summed E-state index contributed by atoms with van der Waals surface area (Å²) in [7, 11) is 1.33. The first-order chi connectivity index (χ1) is 12.5. The highest BCUT2D eigenvalue weighted by atomic mass is 16.5. The molecule has 26 heavy (non-hydrogen) atoms. The van der Waals surface area contributed by atoms with Crippen LogP contribution in [0.5, 0.6) is 0 Å². The van der Waals surface area contributed by atoms with E-state index in [1.807, 2.05) is 36.1 Å². The van der Waals surface area contributed by atoms with E-state index in [2.05, 4.69) is 10.1 Å². The molecular weight excluding hydrogens is 332 g/mol. The SMILES string of the molecule is COC(=O)CCC(=O)N1CCC(CCC(=O)Nc2cccc(C)c2)CC1. The van der Waals surface area contributed by atoms with Gasteiger partial charge in [-0.15, -0.1) is 0 Å². The lowest BCUT2D eigenvalue weighted by Gasteiger charge is -2.32. The second kappa shape index (κ2) is 9.94. The van der Waals surface area contributed by atoms with Gasteiger partial charge in [-0.05, 0) is 49.8 Å². The number of amides is 2. The molecule has 0 aliphatic carbocycles. The van der Waals surface area contributed by atoms with E-state index < -0.39 is 0 Å². The van der Waals surface area contributed by atoms with Crippen LogP contribution in [-0.2, 0) is 19.1 Å². The molecule has 1 aromatic rings. The summed E-state index contributed by atoms with van der Waals surface area (Å²) in [6.45, 7) is 3.39. The highest BCUT2D eigenvalue weighted by Gasteiger charge is 2.23. The number of piperidine rings is 1. The molecule has 1 aromatic carbocycles. The monoisotopic (exact) mass is 360 g/mol. The summed E-state index contributed by atoms with van der Waals surface area (Å²) in [5.74, 6) is 0.147. The first-order valence-corrected chi connectivity index (χ1v) is 9.19. The van der Waals surface area contributed by atoms with Crippen molar-refractivity contribution < 1.29 is 19.1 Å². The number of carbonyl (C=O) groups is 3.